The summed E-state index contributed by atoms with van der Waals surface area (Å²) in [6, 6.07) is 0. The number of hydrogen-bond acceptors (Lipinski definition) is 2. The molecule has 0 unspecified atom stereocenters. The van der Waals surface area contributed by atoms with E-state index >= 15 is 0 Å². The molecule has 1 aliphatic carbocycles. The molecule has 0 aromatic carbocycles. The van der Waals surface area contributed by atoms with E-state index in [1.165, 1.54) is 0 Å². The number of hydrogen-bond donors (Lipinski definition) is 2. The maximum atomic E-state index is 11.4. The van der Waals surface area contributed by atoms with Crippen LogP contribution in [0.15, 0.2) is 12.2 Å². The second-order valence-electron chi connectivity index (χ2n) is 3.43. The van der Waals surface area contributed by atoms with Crippen molar-refractivity contribution in [1.82, 2.24) is 5.32 Å². The molecule has 0 bridgehead atoms. The lowest BCUT2D eigenvalue weighted by Gasteiger charge is -2.09. The number of allylic oxidation sites excluding steroid dienone is 2. The van der Waals surface area contributed by atoms with Crippen molar-refractivity contribution in [1.29, 1.82) is 0 Å². The number of carboxylic acids is 1. The van der Waals surface area contributed by atoms with E-state index in [4.69, 9.17) is 5.11 Å². The molecule has 0 radical (unpaired) electrons. The van der Waals surface area contributed by atoms with Crippen molar-refractivity contribution in [3.05, 3.63) is 12.2 Å². The van der Waals surface area contributed by atoms with Gasteiger partial charge >= 0.3 is 5.97 Å². The number of carbonyl (C=O) groups excluding carboxylic acids is 1. The third kappa shape index (κ3) is 3.60. The first-order valence-electron chi connectivity index (χ1n) is 4.84. The van der Waals surface area contributed by atoms with Crippen LogP contribution in [-0.4, -0.2) is 23.5 Å². The molecular formula is C10H15NO3. The van der Waals surface area contributed by atoms with Gasteiger partial charge in [-0.1, -0.05) is 12.2 Å². The van der Waals surface area contributed by atoms with Gasteiger partial charge in [0.15, 0.2) is 0 Å². The largest absolute Gasteiger partial charge is 0.481 e. The summed E-state index contributed by atoms with van der Waals surface area (Å²) in [4.78, 5) is 21.6. The highest BCUT2D eigenvalue weighted by molar-refractivity contribution is 5.79. The summed E-state index contributed by atoms with van der Waals surface area (Å²) < 4.78 is 0. The zero-order chi connectivity index (χ0) is 10.4. The lowest BCUT2D eigenvalue weighted by atomic mass is 10.1. The van der Waals surface area contributed by atoms with Gasteiger partial charge in [-0.15, -0.1) is 0 Å². The number of amides is 1. The third-order valence-corrected chi connectivity index (χ3v) is 2.25. The number of rotatable bonds is 5. The standard InChI is InChI=1S/C10H15NO3/c12-9(13)6-3-7-11-10(14)8-4-1-2-5-8/h1-2,8H,3-7H2,(H,11,14)(H,12,13). The van der Waals surface area contributed by atoms with E-state index in [0.29, 0.717) is 13.0 Å². The van der Waals surface area contributed by atoms with Gasteiger partial charge in [0.05, 0.1) is 0 Å². The normalized spacial score (nSPS) is 15.7. The molecule has 0 saturated heterocycles. The Balaban J connectivity index is 2.06. The molecule has 0 aromatic rings. The van der Waals surface area contributed by atoms with Crippen LogP contribution < -0.4 is 5.32 Å². The van der Waals surface area contributed by atoms with E-state index < -0.39 is 5.97 Å². The smallest absolute Gasteiger partial charge is 0.303 e. The Morgan fingerprint density at radius 3 is 2.57 bits per heavy atom. The molecule has 2 N–H and O–H groups in total. The summed E-state index contributed by atoms with van der Waals surface area (Å²) in [7, 11) is 0. The molecule has 0 saturated carbocycles. The Morgan fingerprint density at radius 2 is 2.00 bits per heavy atom. The Bertz CT molecular complexity index is 240. The van der Waals surface area contributed by atoms with Crippen LogP contribution in [0.4, 0.5) is 0 Å². The Labute approximate surface area is 83.0 Å². The van der Waals surface area contributed by atoms with E-state index in [9.17, 15) is 9.59 Å². The number of carbonyl (C=O) groups is 2. The van der Waals surface area contributed by atoms with Gasteiger partial charge in [-0.2, -0.15) is 0 Å². The fourth-order valence-electron chi connectivity index (χ4n) is 1.43. The first-order chi connectivity index (χ1) is 6.70. The number of nitrogens with one attached hydrogen (secondary N) is 1. The number of aliphatic carboxylic acids is 1. The van der Waals surface area contributed by atoms with Gasteiger partial charge in [-0.05, 0) is 19.3 Å². The van der Waals surface area contributed by atoms with E-state index in [1.54, 1.807) is 0 Å². The topological polar surface area (TPSA) is 66.4 Å². The van der Waals surface area contributed by atoms with E-state index in [0.717, 1.165) is 12.8 Å². The molecule has 1 amide bonds. The molecule has 4 nitrogen and oxygen atoms in total. The molecule has 0 atom stereocenters. The van der Waals surface area contributed by atoms with Gasteiger partial charge in [-0.3, -0.25) is 9.59 Å². The highest BCUT2D eigenvalue weighted by Crippen LogP contribution is 2.17. The highest BCUT2D eigenvalue weighted by Gasteiger charge is 2.18. The molecule has 0 spiro atoms. The average Bonchev–Trinajstić information content (AvgIpc) is 2.64. The van der Waals surface area contributed by atoms with E-state index in [-0.39, 0.29) is 18.2 Å². The SMILES string of the molecule is O=C(O)CCCNC(=O)C1CC=CC1. The fourth-order valence-corrected chi connectivity index (χ4v) is 1.43. The Morgan fingerprint density at radius 1 is 1.36 bits per heavy atom. The molecule has 4 heteroatoms. The second-order valence-corrected chi connectivity index (χ2v) is 3.43. The first kappa shape index (κ1) is 10.8. The van der Waals surface area contributed by atoms with Gasteiger partial charge in [0.25, 0.3) is 0 Å². The number of carboxylic acid groups (broad SMARTS) is 1. The molecular weight excluding hydrogens is 182 g/mol. The molecule has 0 aromatic heterocycles. The zero-order valence-corrected chi connectivity index (χ0v) is 8.03. The minimum absolute atomic E-state index is 0.0420. The summed E-state index contributed by atoms with van der Waals surface area (Å²) >= 11 is 0. The van der Waals surface area contributed by atoms with Crippen LogP contribution in [0.3, 0.4) is 0 Å². The van der Waals surface area contributed by atoms with Crippen LogP contribution in [0.1, 0.15) is 25.7 Å². The first-order valence-corrected chi connectivity index (χ1v) is 4.84. The maximum Gasteiger partial charge on any atom is 0.303 e. The van der Waals surface area contributed by atoms with Gasteiger partial charge in [0.1, 0.15) is 0 Å². The minimum atomic E-state index is -0.818. The van der Waals surface area contributed by atoms with Crippen LogP contribution in [-0.2, 0) is 9.59 Å². The molecule has 0 fully saturated rings. The van der Waals surface area contributed by atoms with Crippen LogP contribution in [0.5, 0.6) is 0 Å². The predicted octanol–water partition coefficient (Wildman–Crippen LogP) is 0.934. The predicted molar refractivity (Wildman–Crippen MR) is 51.7 cm³/mol. The molecule has 1 rings (SSSR count). The van der Waals surface area contributed by atoms with Gasteiger partial charge in [0, 0.05) is 18.9 Å². The van der Waals surface area contributed by atoms with Crippen molar-refractivity contribution in [2.75, 3.05) is 6.54 Å². The summed E-state index contributed by atoms with van der Waals surface area (Å²) in [6.45, 7) is 0.460. The maximum absolute atomic E-state index is 11.4. The van der Waals surface area contributed by atoms with Crippen molar-refractivity contribution in [2.24, 2.45) is 5.92 Å². The molecule has 0 aliphatic heterocycles. The van der Waals surface area contributed by atoms with Crippen LogP contribution in [0.2, 0.25) is 0 Å². The fraction of sp³-hybridized carbons (Fsp3) is 0.600. The molecule has 14 heavy (non-hydrogen) atoms. The summed E-state index contributed by atoms with van der Waals surface area (Å²) in [6.07, 6.45) is 6.24. The lowest BCUT2D eigenvalue weighted by Crippen LogP contribution is -2.30. The summed E-state index contributed by atoms with van der Waals surface area (Å²) in [5.74, 6) is -0.706. The van der Waals surface area contributed by atoms with Crippen molar-refractivity contribution in [3.8, 4) is 0 Å². The van der Waals surface area contributed by atoms with E-state index in [2.05, 4.69) is 5.32 Å². The van der Waals surface area contributed by atoms with Crippen LogP contribution >= 0.6 is 0 Å². The summed E-state index contributed by atoms with van der Waals surface area (Å²) in [5, 5.41) is 11.1. The van der Waals surface area contributed by atoms with Crippen LogP contribution in [0.25, 0.3) is 0 Å². The molecule has 0 heterocycles. The van der Waals surface area contributed by atoms with Crippen molar-refractivity contribution < 1.29 is 14.7 Å². The van der Waals surface area contributed by atoms with Crippen molar-refractivity contribution in [3.63, 3.8) is 0 Å². The quantitative estimate of drug-likeness (QED) is 0.509. The van der Waals surface area contributed by atoms with E-state index in [1.807, 2.05) is 12.2 Å². The molecule has 1 aliphatic rings. The van der Waals surface area contributed by atoms with Crippen molar-refractivity contribution in [2.45, 2.75) is 25.7 Å². The van der Waals surface area contributed by atoms with Gasteiger partial charge < -0.3 is 10.4 Å². The Kier molecular flexibility index (Phi) is 4.16. The summed E-state index contributed by atoms with van der Waals surface area (Å²) in [5.41, 5.74) is 0. The minimum Gasteiger partial charge on any atom is -0.481 e. The lowest BCUT2D eigenvalue weighted by molar-refractivity contribution is -0.137. The monoisotopic (exact) mass is 197 g/mol. The average molecular weight is 197 g/mol. The zero-order valence-electron chi connectivity index (χ0n) is 8.03. The van der Waals surface area contributed by atoms with Gasteiger partial charge in [0.2, 0.25) is 5.91 Å². The second kappa shape index (κ2) is 5.42. The van der Waals surface area contributed by atoms with Crippen molar-refractivity contribution >= 4 is 11.9 Å². The third-order valence-electron chi connectivity index (χ3n) is 2.25. The van der Waals surface area contributed by atoms with Crippen LogP contribution in [0, 0.1) is 5.92 Å². The molecule has 78 valence electrons. The Hall–Kier alpha value is -1.32. The highest BCUT2D eigenvalue weighted by atomic mass is 16.4. The van der Waals surface area contributed by atoms with Gasteiger partial charge in [-0.25, -0.2) is 0 Å².